The van der Waals surface area contributed by atoms with Crippen molar-refractivity contribution in [1.82, 2.24) is 15.6 Å². The van der Waals surface area contributed by atoms with Crippen LogP contribution in [0.5, 0.6) is 0 Å². The highest BCUT2D eigenvalue weighted by atomic mass is 32.2. The van der Waals surface area contributed by atoms with Gasteiger partial charge in [-0.3, -0.25) is 4.98 Å². The van der Waals surface area contributed by atoms with Crippen molar-refractivity contribution in [3.63, 3.8) is 0 Å². The first-order chi connectivity index (χ1) is 13.8. The summed E-state index contributed by atoms with van der Waals surface area (Å²) in [6.45, 7) is 4.15. The van der Waals surface area contributed by atoms with Crippen LogP contribution in [0.1, 0.15) is 12.5 Å². The van der Waals surface area contributed by atoms with Gasteiger partial charge in [0.15, 0.2) is 0 Å². The van der Waals surface area contributed by atoms with E-state index in [2.05, 4.69) is 65.0 Å². The lowest BCUT2D eigenvalue weighted by atomic mass is 10.1. The molecule has 0 spiro atoms. The maximum atomic E-state index is 5.39. The average Bonchev–Trinajstić information content (AvgIpc) is 3.19. The highest BCUT2D eigenvalue weighted by Gasteiger charge is 2.03. The van der Waals surface area contributed by atoms with Gasteiger partial charge in [-0.15, -0.1) is 11.8 Å². The van der Waals surface area contributed by atoms with Gasteiger partial charge < -0.3 is 15.1 Å². The Balaban J connectivity index is 1.15. The summed E-state index contributed by atoms with van der Waals surface area (Å²) in [6, 6.07) is 17.4. The van der Waals surface area contributed by atoms with Gasteiger partial charge in [-0.05, 0) is 67.2 Å². The molecular formula is C23H25N3OS. The van der Waals surface area contributed by atoms with Crippen LogP contribution in [-0.2, 0) is 6.42 Å². The van der Waals surface area contributed by atoms with Crippen LogP contribution < -0.4 is 10.6 Å². The highest BCUT2D eigenvalue weighted by Crippen LogP contribution is 2.22. The van der Waals surface area contributed by atoms with E-state index in [4.69, 9.17) is 4.42 Å². The van der Waals surface area contributed by atoms with E-state index in [0.717, 1.165) is 31.0 Å². The number of aromatic nitrogens is 1. The Morgan fingerprint density at radius 1 is 1.04 bits per heavy atom. The molecule has 0 saturated carbocycles. The maximum Gasteiger partial charge on any atom is 0.133 e. The van der Waals surface area contributed by atoms with Gasteiger partial charge in [0.1, 0.15) is 5.58 Å². The second-order valence-corrected chi connectivity index (χ2v) is 8.07. The topological polar surface area (TPSA) is 50.1 Å². The van der Waals surface area contributed by atoms with Crippen LogP contribution in [0.4, 0.5) is 0 Å². The number of rotatable bonds is 9. The monoisotopic (exact) mass is 391 g/mol. The number of fused-ring (bicyclic) bond motifs is 2. The van der Waals surface area contributed by atoms with E-state index in [9.17, 15) is 0 Å². The van der Waals surface area contributed by atoms with Crippen molar-refractivity contribution in [2.24, 2.45) is 0 Å². The van der Waals surface area contributed by atoms with Crippen LogP contribution in [0.15, 0.2) is 76.5 Å². The number of nitrogens with zero attached hydrogens (tertiary/aromatic N) is 1. The van der Waals surface area contributed by atoms with Crippen molar-refractivity contribution in [2.45, 2.75) is 24.3 Å². The third-order valence-electron chi connectivity index (χ3n) is 4.84. The Kier molecular flexibility index (Phi) is 6.27. The minimum absolute atomic E-state index is 0.425. The summed E-state index contributed by atoms with van der Waals surface area (Å²) in [4.78, 5) is 5.44. The standard InChI is InChI=1S/C23H25N3OS/c1-17(14-24-9-6-18-2-5-23-20(12-18)8-11-27-23)26-16-28-22-4-3-21-15-25-10-7-19(21)13-22/h2-5,7-8,10-13,15,17,24,26H,6,9,14,16H2,1H3/t17-/m1/s1. The van der Waals surface area contributed by atoms with E-state index < -0.39 is 0 Å². The van der Waals surface area contributed by atoms with Crippen LogP contribution >= 0.6 is 11.8 Å². The van der Waals surface area contributed by atoms with E-state index in [0.29, 0.717) is 6.04 Å². The predicted octanol–water partition coefficient (Wildman–Crippen LogP) is 4.84. The zero-order valence-electron chi connectivity index (χ0n) is 16.0. The second kappa shape index (κ2) is 9.24. The molecule has 2 aromatic carbocycles. The van der Waals surface area contributed by atoms with Crippen LogP contribution in [0.25, 0.3) is 21.7 Å². The lowest BCUT2D eigenvalue weighted by Gasteiger charge is -2.14. The van der Waals surface area contributed by atoms with Gasteiger partial charge in [-0.25, -0.2) is 0 Å². The number of nitrogens with one attached hydrogen (secondary N) is 2. The number of furan rings is 1. The molecule has 0 bridgehead atoms. The first kappa shape index (κ1) is 19.0. The van der Waals surface area contributed by atoms with Gasteiger partial charge in [-0.1, -0.05) is 12.1 Å². The molecule has 0 aliphatic carbocycles. The Morgan fingerprint density at radius 2 is 2.00 bits per heavy atom. The summed E-state index contributed by atoms with van der Waals surface area (Å²) in [6.07, 6.45) is 6.51. The number of hydrogen-bond acceptors (Lipinski definition) is 5. The lowest BCUT2D eigenvalue weighted by molar-refractivity contribution is 0.536. The van der Waals surface area contributed by atoms with Crippen LogP contribution in [0.3, 0.4) is 0 Å². The molecule has 0 amide bonds. The number of pyridine rings is 1. The van der Waals surface area contributed by atoms with Crippen LogP contribution in [0.2, 0.25) is 0 Å². The van der Waals surface area contributed by atoms with Crippen molar-refractivity contribution in [1.29, 1.82) is 0 Å². The first-order valence-corrected chi connectivity index (χ1v) is 10.6. The van der Waals surface area contributed by atoms with Gasteiger partial charge in [-0.2, -0.15) is 0 Å². The molecule has 4 nitrogen and oxygen atoms in total. The minimum Gasteiger partial charge on any atom is -0.464 e. The summed E-state index contributed by atoms with van der Waals surface area (Å²) >= 11 is 1.83. The Hall–Kier alpha value is -2.34. The Labute approximate surface area is 169 Å². The molecule has 28 heavy (non-hydrogen) atoms. The fourth-order valence-electron chi connectivity index (χ4n) is 3.21. The summed E-state index contributed by atoms with van der Waals surface area (Å²) in [5.74, 6) is 0.899. The highest BCUT2D eigenvalue weighted by molar-refractivity contribution is 7.99. The molecule has 4 rings (SSSR count). The SMILES string of the molecule is C[C@H](CNCCc1ccc2occc2c1)NCSc1ccc2cnccc2c1. The van der Waals surface area contributed by atoms with Crippen molar-refractivity contribution >= 4 is 33.5 Å². The quantitative estimate of drug-likeness (QED) is 0.243. The molecule has 0 aliphatic heterocycles. The van der Waals surface area contributed by atoms with E-state index in [-0.39, 0.29) is 0 Å². The molecule has 4 aromatic rings. The van der Waals surface area contributed by atoms with E-state index in [1.54, 1.807) is 6.26 Å². The molecule has 144 valence electrons. The van der Waals surface area contributed by atoms with Crippen molar-refractivity contribution in [3.05, 3.63) is 72.8 Å². The number of thioether (sulfide) groups is 1. The largest absolute Gasteiger partial charge is 0.464 e. The smallest absolute Gasteiger partial charge is 0.133 e. The van der Waals surface area contributed by atoms with Crippen molar-refractivity contribution in [3.8, 4) is 0 Å². The molecule has 0 unspecified atom stereocenters. The molecule has 2 N–H and O–H groups in total. The molecule has 0 aliphatic rings. The second-order valence-electron chi connectivity index (χ2n) is 7.03. The normalized spacial score (nSPS) is 12.6. The van der Waals surface area contributed by atoms with Crippen molar-refractivity contribution < 1.29 is 4.42 Å². The fraction of sp³-hybridized carbons (Fsp3) is 0.261. The van der Waals surface area contributed by atoms with Gasteiger partial charge in [0.2, 0.25) is 0 Å². The molecule has 0 saturated heterocycles. The zero-order valence-corrected chi connectivity index (χ0v) is 16.8. The molecule has 1 atom stereocenters. The van der Waals surface area contributed by atoms with E-state index in [1.165, 1.54) is 26.6 Å². The maximum absolute atomic E-state index is 5.39. The average molecular weight is 392 g/mol. The molecule has 0 fully saturated rings. The summed E-state index contributed by atoms with van der Waals surface area (Å²) in [7, 11) is 0. The minimum atomic E-state index is 0.425. The Bertz CT molecular complexity index is 1050. The molecular weight excluding hydrogens is 366 g/mol. The number of benzene rings is 2. The van der Waals surface area contributed by atoms with E-state index in [1.807, 2.05) is 30.2 Å². The molecule has 2 heterocycles. The van der Waals surface area contributed by atoms with Gasteiger partial charge in [0.25, 0.3) is 0 Å². The molecule has 0 radical (unpaired) electrons. The third-order valence-corrected chi connectivity index (χ3v) is 5.74. The van der Waals surface area contributed by atoms with Gasteiger partial charge in [0.05, 0.1) is 6.26 Å². The first-order valence-electron chi connectivity index (χ1n) is 9.65. The van der Waals surface area contributed by atoms with Gasteiger partial charge >= 0.3 is 0 Å². The lowest BCUT2D eigenvalue weighted by Crippen LogP contribution is -2.36. The molecule has 5 heteroatoms. The molecule has 2 aromatic heterocycles. The summed E-state index contributed by atoms with van der Waals surface area (Å²) < 4.78 is 5.39. The third kappa shape index (κ3) is 4.93. The fourth-order valence-corrected chi connectivity index (χ4v) is 4.12. The van der Waals surface area contributed by atoms with E-state index >= 15 is 0 Å². The number of hydrogen-bond donors (Lipinski definition) is 2. The Morgan fingerprint density at radius 3 is 2.96 bits per heavy atom. The van der Waals surface area contributed by atoms with Crippen molar-refractivity contribution in [2.75, 3.05) is 19.0 Å². The van der Waals surface area contributed by atoms with Crippen LogP contribution in [-0.4, -0.2) is 30.0 Å². The van der Waals surface area contributed by atoms with Gasteiger partial charge in [0, 0.05) is 46.5 Å². The zero-order chi connectivity index (χ0) is 19.2. The summed E-state index contributed by atoms with van der Waals surface area (Å²) in [5.41, 5.74) is 2.29. The van der Waals surface area contributed by atoms with Crippen LogP contribution in [0, 0.1) is 0 Å². The predicted molar refractivity (Wildman–Crippen MR) is 118 cm³/mol. The summed E-state index contributed by atoms with van der Waals surface area (Å²) in [5, 5.41) is 10.7.